The maximum Gasteiger partial charge on any atom is 0.275 e. The summed E-state index contributed by atoms with van der Waals surface area (Å²) in [5.41, 5.74) is 1.67. The quantitative estimate of drug-likeness (QED) is 0.613. The van der Waals surface area contributed by atoms with Crippen LogP contribution in [0, 0.1) is 10.1 Å². The summed E-state index contributed by atoms with van der Waals surface area (Å²) in [6.07, 6.45) is 0. The highest BCUT2D eigenvalue weighted by Crippen LogP contribution is 2.29. The molecule has 0 spiro atoms. The number of anilines is 2. The lowest BCUT2D eigenvalue weighted by atomic mass is 10.1. The van der Waals surface area contributed by atoms with Gasteiger partial charge in [-0.1, -0.05) is 0 Å². The first-order chi connectivity index (χ1) is 12.3. The van der Waals surface area contributed by atoms with Gasteiger partial charge in [0.2, 0.25) is 10.0 Å². The molecule has 2 N–H and O–H groups in total. The fourth-order valence-electron chi connectivity index (χ4n) is 2.36. The summed E-state index contributed by atoms with van der Waals surface area (Å²) >= 11 is 0. The van der Waals surface area contributed by atoms with E-state index in [9.17, 15) is 23.3 Å². The number of rotatable bonds is 5. The number of carbonyl (C=O) groups excluding carboxylic acids is 1. The van der Waals surface area contributed by atoms with Gasteiger partial charge in [-0.2, -0.15) is 0 Å². The molecule has 0 bridgehead atoms. The molecule has 0 atom stereocenters. The fourth-order valence-corrected chi connectivity index (χ4v) is 2.99. The number of carbonyl (C=O) groups is 1. The van der Waals surface area contributed by atoms with Crippen molar-refractivity contribution in [2.24, 2.45) is 4.99 Å². The van der Waals surface area contributed by atoms with Gasteiger partial charge in [0, 0.05) is 23.4 Å². The minimum atomic E-state index is -3.45. The Bertz CT molecular complexity index is 1030. The van der Waals surface area contributed by atoms with E-state index < -0.39 is 20.9 Å². The molecule has 0 saturated carbocycles. The van der Waals surface area contributed by atoms with Crippen LogP contribution < -0.4 is 10.0 Å². The van der Waals surface area contributed by atoms with Crippen LogP contribution in [0.2, 0.25) is 0 Å². The van der Waals surface area contributed by atoms with E-state index in [2.05, 4.69) is 15.0 Å². The Morgan fingerprint density at radius 2 is 1.88 bits per heavy atom. The third-order valence-electron chi connectivity index (χ3n) is 3.69. The molecule has 2 aromatic rings. The molecule has 1 aliphatic heterocycles. The normalized spacial score (nSPS) is 14.8. The molecule has 26 heavy (non-hydrogen) atoms. The van der Waals surface area contributed by atoms with E-state index in [1.807, 2.05) is 0 Å². The number of nitro groups is 1. The SMILES string of the molecule is CCS(=O)(=O)Nc1ccc2c(c1)C(=Nc1ccc([N+](=O)[O-])cc1)C(=O)N2. The van der Waals surface area contributed by atoms with E-state index in [0.717, 1.165) is 0 Å². The number of nitrogens with one attached hydrogen (secondary N) is 2. The van der Waals surface area contributed by atoms with Crippen LogP contribution in [0.25, 0.3) is 0 Å². The molecule has 3 rings (SSSR count). The first-order valence-corrected chi connectivity index (χ1v) is 9.23. The minimum Gasteiger partial charge on any atom is -0.320 e. The highest BCUT2D eigenvalue weighted by Gasteiger charge is 2.26. The van der Waals surface area contributed by atoms with Crippen molar-refractivity contribution in [3.8, 4) is 0 Å². The van der Waals surface area contributed by atoms with Crippen molar-refractivity contribution >= 4 is 44.4 Å². The summed E-state index contributed by atoms with van der Waals surface area (Å²) in [5, 5.41) is 13.3. The molecule has 2 aromatic carbocycles. The van der Waals surface area contributed by atoms with Gasteiger partial charge in [-0.25, -0.2) is 13.4 Å². The maximum atomic E-state index is 12.2. The average Bonchev–Trinajstić information content (AvgIpc) is 2.90. The van der Waals surface area contributed by atoms with Crippen LogP contribution in [0.1, 0.15) is 12.5 Å². The Labute approximate surface area is 149 Å². The van der Waals surface area contributed by atoms with Gasteiger partial charge >= 0.3 is 0 Å². The van der Waals surface area contributed by atoms with Crippen LogP contribution in [0.15, 0.2) is 47.5 Å². The molecule has 10 heteroatoms. The Morgan fingerprint density at radius 3 is 2.50 bits per heavy atom. The highest BCUT2D eigenvalue weighted by molar-refractivity contribution is 7.92. The van der Waals surface area contributed by atoms with Crippen molar-refractivity contribution in [3.05, 3.63) is 58.1 Å². The fraction of sp³-hybridized carbons (Fsp3) is 0.125. The second-order valence-electron chi connectivity index (χ2n) is 5.45. The van der Waals surface area contributed by atoms with Gasteiger partial charge in [0.25, 0.3) is 11.6 Å². The molecular weight excluding hydrogens is 360 g/mol. The zero-order valence-corrected chi connectivity index (χ0v) is 14.4. The summed E-state index contributed by atoms with van der Waals surface area (Å²) in [5.74, 6) is -0.515. The van der Waals surface area contributed by atoms with Crippen LogP contribution in [-0.4, -0.2) is 30.7 Å². The van der Waals surface area contributed by atoms with Gasteiger partial charge in [-0.05, 0) is 37.3 Å². The van der Waals surface area contributed by atoms with Gasteiger partial charge in [0.05, 0.1) is 22.1 Å². The van der Waals surface area contributed by atoms with E-state index in [4.69, 9.17) is 0 Å². The molecule has 1 amide bonds. The minimum absolute atomic E-state index is 0.0784. The van der Waals surface area contributed by atoms with Gasteiger partial charge in [-0.15, -0.1) is 0 Å². The van der Waals surface area contributed by atoms with Crippen molar-refractivity contribution in [3.63, 3.8) is 0 Å². The Balaban J connectivity index is 1.98. The first-order valence-electron chi connectivity index (χ1n) is 7.58. The first kappa shape index (κ1) is 17.5. The second-order valence-corrected chi connectivity index (χ2v) is 7.46. The number of amides is 1. The molecule has 0 saturated heterocycles. The molecule has 0 radical (unpaired) electrons. The van der Waals surface area contributed by atoms with Crippen LogP contribution in [0.4, 0.5) is 22.7 Å². The number of nitro benzene ring substituents is 1. The van der Waals surface area contributed by atoms with E-state index in [-0.39, 0.29) is 17.2 Å². The average molecular weight is 374 g/mol. The van der Waals surface area contributed by atoms with Gasteiger partial charge in [0.15, 0.2) is 0 Å². The van der Waals surface area contributed by atoms with E-state index in [1.165, 1.54) is 37.3 Å². The lowest BCUT2D eigenvalue weighted by Gasteiger charge is -2.07. The molecule has 1 aliphatic rings. The number of nitrogens with zero attached hydrogens (tertiary/aromatic N) is 2. The second kappa shape index (κ2) is 6.56. The number of benzene rings is 2. The zero-order valence-electron chi connectivity index (χ0n) is 13.6. The van der Waals surface area contributed by atoms with Crippen LogP contribution in [0.3, 0.4) is 0 Å². The summed E-state index contributed by atoms with van der Waals surface area (Å²) in [6.45, 7) is 1.52. The molecular formula is C16H14N4O5S. The molecule has 134 valence electrons. The standard InChI is InChI=1S/C16H14N4O5S/c1-2-26(24,25)19-11-5-8-14-13(9-11)15(16(21)18-14)17-10-3-6-12(7-4-10)20(22)23/h3-9,19H,2H2,1H3,(H,17,18,21). The number of sulfonamides is 1. The topological polar surface area (TPSA) is 131 Å². The van der Waals surface area contributed by atoms with Crippen molar-refractivity contribution in [2.75, 3.05) is 15.8 Å². The van der Waals surface area contributed by atoms with Crippen molar-refractivity contribution in [2.45, 2.75) is 6.92 Å². The third-order valence-corrected chi connectivity index (χ3v) is 5.00. The van der Waals surface area contributed by atoms with E-state index in [1.54, 1.807) is 12.1 Å². The summed E-state index contributed by atoms with van der Waals surface area (Å²) in [6, 6.07) is 10.1. The molecule has 1 heterocycles. The summed E-state index contributed by atoms with van der Waals surface area (Å²) < 4.78 is 25.8. The molecule has 0 unspecified atom stereocenters. The predicted octanol–water partition coefficient (Wildman–Crippen LogP) is 2.43. The number of hydrogen-bond donors (Lipinski definition) is 2. The number of non-ortho nitro benzene ring substituents is 1. The predicted molar refractivity (Wildman–Crippen MR) is 97.4 cm³/mol. The molecule has 0 fully saturated rings. The van der Waals surface area contributed by atoms with E-state index in [0.29, 0.717) is 22.6 Å². The lowest BCUT2D eigenvalue weighted by molar-refractivity contribution is -0.384. The summed E-state index contributed by atoms with van der Waals surface area (Å²) in [7, 11) is -3.45. The Morgan fingerprint density at radius 1 is 1.19 bits per heavy atom. The maximum absolute atomic E-state index is 12.2. The van der Waals surface area contributed by atoms with Crippen LogP contribution in [0.5, 0.6) is 0 Å². The van der Waals surface area contributed by atoms with Crippen LogP contribution in [-0.2, 0) is 14.8 Å². The monoisotopic (exact) mass is 374 g/mol. The number of hydrogen-bond acceptors (Lipinski definition) is 6. The van der Waals surface area contributed by atoms with E-state index >= 15 is 0 Å². The van der Waals surface area contributed by atoms with Crippen molar-refractivity contribution < 1.29 is 18.1 Å². The molecule has 0 aromatic heterocycles. The van der Waals surface area contributed by atoms with Crippen molar-refractivity contribution in [1.29, 1.82) is 0 Å². The van der Waals surface area contributed by atoms with Crippen LogP contribution >= 0.6 is 0 Å². The lowest BCUT2D eigenvalue weighted by Crippen LogP contribution is -2.15. The number of aliphatic imine (C=N–C) groups is 1. The smallest absolute Gasteiger partial charge is 0.275 e. The van der Waals surface area contributed by atoms with Gasteiger partial charge in [-0.3, -0.25) is 19.6 Å². The summed E-state index contributed by atoms with van der Waals surface area (Å²) in [4.78, 5) is 26.6. The third kappa shape index (κ3) is 3.54. The number of fused-ring (bicyclic) bond motifs is 1. The van der Waals surface area contributed by atoms with Gasteiger partial charge in [0.1, 0.15) is 5.71 Å². The molecule has 0 aliphatic carbocycles. The Hall–Kier alpha value is -3.27. The van der Waals surface area contributed by atoms with Crippen molar-refractivity contribution in [1.82, 2.24) is 0 Å². The zero-order chi connectivity index (χ0) is 18.9. The van der Waals surface area contributed by atoms with Gasteiger partial charge < -0.3 is 5.32 Å². The highest BCUT2D eigenvalue weighted by atomic mass is 32.2. The molecule has 9 nitrogen and oxygen atoms in total. The Kier molecular flexibility index (Phi) is 4.43. The largest absolute Gasteiger partial charge is 0.320 e.